The molecule has 0 spiro atoms. The van der Waals surface area contributed by atoms with Crippen molar-refractivity contribution >= 4 is 34.0 Å². The summed E-state index contributed by atoms with van der Waals surface area (Å²) in [6.45, 7) is 5.90. The highest BCUT2D eigenvalue weighted by Gasteiger charge is 2.17. The van der Waals surface area contributed by atoms with E-state index < -0.39 is 0 Å². The minimum Gasteiger partial charge on any atom is -0.296 e. The van der Waals surface area contributed by atoms with Crippen molar-refractivity contribution in [1.29, 1.82) is 0 Å². The van der Waals surface area contributed by atoms with Gasteiger partial charge in [0.25, 0.3) is 5.91 Å². The lowest BCUT2D eigenvalue weighted by atomic mass is 10.2. The summed E-state index contributed by atoms with van der Waals surface area (Å²) in [5, 5.41) is 17.1. The van der Waals surface area contributed by atoms with Gasteiger partial charge in [0.05, 0.1) is 23.1 Å². The number of aromatic nitrogens is 4. The largest absolute Gasteiger partial charge is 0.296 e. The molecule has 8 heteroatoms. The number of carbonyl (C=O) groups excluding carboxylic acids is 1. The second kappa shape index (κ2) is 6.70. The summed E-state index contributed by atoms with van der Waals surface area (Å²) in [5.74, 6) is 0.0210. The molecule has 0 aliphatic heterocycles. The summed E-state index contributed by atoms with van der Waals surface area (Å²) in [5.41, 5.74) is 2.01. The second-order valence-corrected chi connectivity index (χ2v) is 7.04. The van der Waals surface area contributed by atoms with E-state index in [-0.39, 0.29) is 11.8 Å². The van der Waals surface area contributed by atoms with Crippen LogP contribution in [0.3, 0.4) is 0 Å². The summed E-state index contributed by atoms with van der Waals surface area (Å²) < 4.78 is 1.68. The summed E-state index contributed by atoms with van der Waals surface area (Å²) >= 11 is 7.39. The quantitative estimate of drug-likeness (QED) is 0.760. The van der Waals surface area contributed by atoms with Gasteiger partial charge in [-0.25, -0.2) is 4.68 Å². The molecule has 0 atom stereocenters. The first-order chi connectivity index (χ1) is 11.5. The average molecular weight is 362 g/mol. The first-order valence-corrected chi connectivity index (χ1v) is 8.60. The van der Waals surface area contributed by atoms with Crippen LogP contribution in [0.25, 0.3) is 5.69 Å². The minimum absolute atomic E-state index is 0.257. The lowest BCUT2D eigenvalue weighted by Crippen LogP contribution is -2.13. The molecule has 124 valence electrons. The second-order valence-electron chi connectivity index (χ2n) is 5.59. The predicted molar refractivity (Wildman–Crippen MR) is 95.3 cm³/mol. The van der Waals surface area contributed by atoms with Crippen LogP contribution in [0.2, 0.25) is 5.02 Å². The normalized spacial score (nSPS) is 11.0. The molecule has 1 amide bonds. The molecule has 1 N–H and O–H groups in total. The van der Waals surface area contributed by atoms with Crippen molar-refractivity contribution in [1.82, 2.24) is 20.0 Å². The number of anilines is 1. The molecule has 0 radical (unpaired) electrons. The van der Waals surface area contributed by atoms with Crippen LogP contribution >= 0.6 is 22.9 Å². The fraction of sp³-hybridized carbons (Fsp3) is 0.250. The van der Waals surface area contributed by atoms with Crippen molar-refractivity contribution in [2.45, 2.75) is 26.7 Å². The third-order valence-corrected chi connectivity index (χ3v) is 4.84. The molecule has 6 nitrogen and oxygen atoms in total. The first kappa shape index (κ1) is 16.6. The van der Waals surface area contributed by atoms with E-state index in [1.54, 1.807) is 16.8 Å². The van der Waals surface area contributed by atoms with Gasteiger partial charge < -0.3 is 0 Å². The molecule has 0 saturated carbocycles. The van der Waals surface area contributed by atoms with Crippen molar-refractivity contribution in [2.75, 3.05) is 5.32 Å². The zero-order chi connectivity index (χ0) is 17.3. The predicted octanol–water partition coefficient (Wildman–Crippen LogP) is 4.06. The van der Waals surface area contributed by atoms with Gasteiger partial charge in [0, 0.05) is 10.9 Å². The van der Waals surface area contributed by atoms with E-state index in [9.17, 15) is 4.79 Å². The monoisotopic (exact) mass is 361 g/mol. The Bertz CT molecular complexity index is 886. The van der Waals surface area contributed by atoms with E-state index in [2.05, 4.69) is 20.6 Å². The molecular formula is C16H16ClN5OS. The summed E-state index contributed by atoms with van der Waals surface area (Å²) in [7, 11) is 0. The molecule has 24 heavy (non-hydrogen) atoms. The molecule has 2 aromatic heterocycles. The first-order valence-electron chi connectivity index (χ1n) is 7.41. The lowest BCUT2D eigenvalue weighted by Gasteiger charge is -2.05. The SMILES string of the molecule is Cc1c(C(=O)Nc2nnc(C(C)C)s2)cnn1-c1cccc(Cl)c1. The van der Waals surface area contributed by atoms with Gasteiger partial charge in [-0.05, 0) is 25.1 Å². The number of hydrogen-bond donors (Lipinski definition) is 1. The third kappa shape index (κ3) is 3.32. The number of carbonyl (C=O) groups is 1. The highest BCUT2D eigenvalue weighted by Crippen LogP contribution is 2.23. The van der Waals surface area contributed by atoms with Crippen molar-refractivity contribution in [3.63, 3.8) is 0 Å². The zero-order valence-electron chi connectivity index (χ0n) is 13.4. The fourth-order valence-electron chi connectivity index (χ4n) is 2.18. The van der Waals surface area contributed by atoms with E-state index >= 15 is 0 Å². The maximum absolute atomic E-state index is 12.5. The molecule has 0 fully saturated rings. The summed E-state index contributed by atoms with van der Waals surface area (Å²) in [6, 6.07) is 7.31. The van der Waals surface area contributed by atoms with E-state index in [1.165, 1.54) is 17.5 Å². The molecule has 3 rings (SSSR count). The number of amides is 1. The van der Waals surface area contributed by atoms with Crippen molar-refractivity contribution in [2.24, 2.45) is 0 Å². The van der Waals surface area contributed by atoms with E-state index in [4.69, 9.17) is 11.6 Å². The van der Waals surface area contributed by atoms with Crippen LogP contribution in [0.4, 0.5) is 5.13 Å². The van der Waals surface area contributed by atoms with E-state index in [0.29, 0.717) is 15.7 Å². The topological polar surface area (TPSA) is 72.7 Å². The maximum atomic E-state index is 12.5. The molecule has 2 heterocycles. The third-order valence-electron chi connectivity index (χ3n) is 3.46. The molecule has 0 aliphatic rings. The van der Waals surface area contributed by atoms with Crippen LogP contribution in [0.1, 0.15) is 40.8 Å². The zero-order valence-corrected chi connectivity index (χ0v) is 15.0. The van der Waals surface area contributed by atoms with Crippen LogP contribution in [0.15, 0.2) is 30.5 Å². The smallest absolute Gasteiger partial charge is 0.260 e. The van der Waals surface area contributed by atoms with Gasteiger partial charge in [0.15, 0.2) is 0 Å². The van der Waals surface area contributed by atoms with Crippen LogP contribution in [0.5, 0.6) is 0 Å². The molecular weight excluding hydrogens is 346 g/mol. The van der Waals surface area contributed by atoms with Gasteiger partial charge in [-0.1, -0.05) is 42.9 Å². The molecule has 1 aromatic carbocycles. The van der Waals surface area contributed by atoms with Crippen LogP contribution in [-0.2, 0) is 0 Å². The fourth-order valence-corrected chi connectivity index (χ4v) is 3.11. The Labute approximate surface area is 148 Å². The van der Waals surface area contributed by atoms with Crippen LogP contribution < -0.4 is 5.32 Å². The summed E-state index contributed by atoms with van der Waals surface area (Å²) in [6.07, 6.45) is 1.54. The Kier molecular flexibility index (Phi) is 4.64. The van der Waals surface area contributed by atoms with Gasteiger partial charge in [0.2, 0.25) is 5.13 Å². The van der Waals surface area contributed by atoms with Crippen molar-refractivity contribution in [3.8, 4) is 5.69 Å². The van der Waals surface area contributed by atoms with Gasteiger partial charge in [-0.15, -0.1) is 10.2 Å². The molecule has 0 aliphatic carbocycles. The number of rotatable bonds is 4. The molecule has 0 unspecified atom stereocenters. The Hall–Kier alpha value is -2.25. The van der Waals surface area contributed by atoms with E-state index in [0.717, 1.165) is 16.4 Å². The van der Waals surface area contributed by atoms with Crippen LogP contribution in [-0.4, -0.2) is 25.9 Å². The number of nitrogens with zero attached hydrogens (tertiary/aromatic N) is 4. The van der Waals surface area contributed by atoms with Crippen LogP contribution in [0, 0.1) is 6.92 Å². The highest BCUT2D eigenvalue weighted by molar-refractivity contribution is 7.15. The number of nitrogens with one attached hydrogen (secondary N) is 1. The highest BCUT2D eigenvalue weighted by atomic mass is 35.5. The molecule has 0 saturated heterocycles. The van der Waals surface area contributed by atoms with Gasteiger partial charge in [-0.3, -0.25) is 10.1 Å². The average Bonchev–Trinajstić information content (AvgIpc) is 3.14. The molecule has 3 aromatic rings. The Morgan fingerprint density at radius 3 is 2.79 bits per heavy atom. The number of halogens is 1. The lowest BCUT2D eigenvalue weighted by molar-refractivity contribution is 0.102. The van der Waals surface area contributed by atoms with Gasteiger partial charge >= 0.3 is 0 Å². The Balaban J connectivity index is 1.83. The van der Waals surface area contributed by atoms with E-state index in [1.807, 2.05) is 32.9 Å². The molecule has 0 bridgehead atoms. The summed E-state index contributed by atoms with van der Waals surface area (Å²) in [4.78, 5) is 12.5. The van der Waals surface area contributed by atoms with Crippen molar-refractivity contribution < 1.29 is 4.79 Å². The van der Waals surface area contributed by atoms with Gasteiger partial charge in [-0.2, -0.15) is 5.10 Å². The Morgan fingerprint density at radius 1 is 1.33 bits per heavy atom. The maximum Gasteiger partial charge on any atom is 0.260 e. The number of benzene rings is 1. The minimum atomic E-state index is -0.257. The standard InChI is InChI=1S/C16H16ClN5OS/c1-9(2)15-20-21-16(24-15)19-14(23)13-8-18-22(10(13)3)12-6-4-5-11(17)7-12/h4-9H,1-3H3,(H,19,21,23). The number of hydrogen-bond acceptors (Lipinski definition) is 5. The van der Waals surface area contributed by atoms with Crippen molar-refractivity contribution in [3.05, 3.63) is 51.7 Å². The van der Waals surface area contributed by atoms with Gasteiger partial charge in [0.1, 0.15) is 5.01 Å². The Morgan fingerprint density at radius 2 is 2.12 bits per heavy atom.